The fourth-order valence-corrected chi connectivity index (χ4v) is 1.78. The molecule has 0 bridgehead atoms. The van der Waals surface area contributed by atoms with Crippen molar-refractivity contribution in [3.63, 3.8) is 0 Å². The Morgan fingerprint density at radius 2 is 1.91 bits per heavy atom. The van der Waals surface area contributed by atoms with Crippen molar-refractivity contribution in [3.05, 3.63) is 33.3 Å². The maximum atomic E-state index is 3.52. The maximum absolute atomic E-state index is 3.52. The highest BCUT2D eigenvalue weighted by Crippen LogP contribution is 2.22. The molecular formula is C10H13Br. The predicted octanol–water partition coefficient (Wildman–Crippen LogP) is 3.63. The van der Waals surface area contributed by atoms with Gasteiger partial charge in [0.05, 0.1) is 0 Å². The van der Waals surface area contributed by atoms with Crippen LogP contribution in [0.5, 0.6) is 0 Å². The highest BCUT2D eigenvalue weighted by atomic mass is 79.9. The zero-order valence-corrected chi connectivity index (χ0v) is 8.83. The van der Waals surface area contributed by atoms with Crippen LogP contribution in [-0.2, 0) is 6.42 Å². The van der Waals surface area contributed by atoms with Gasteiger partial charge in [0, 0.05) is 4.47 Å². The lowest BCUT2D eigenvalue weighted by Gasteiger charge is -2.08. The van der Waals surface area contributed by atoms with Crippen molar-refractivity contribution in [1.29, 1.82) is 0 Å². The van der Waals surface area contributed by atoms with E-state index in [0.717, 1.165) is 6.42 Å². The molecule has 11 heavy (non-hydrogen) atoms. The molecule has 0 aliphatic rings. The zero-order chi connectivity index (χ0) is 8.43. The van der Waals surface area contributed by atoms with Crippen LogP contribution in [0, 0.1) is 13.8 Å². The monoisotopic (exact) mass is 212 g/mol. The minimum atomic E-state index is 1.12. The van der Waals surface area contributed by atoms with Gasteiger partial charge in [-0.1, -0.05) is 28.9 Å². The van der Waals surface area contributed by atoms with E-state index in [-0.39, 0.29) is 0 Å². The van der Waals surface area contributed by atoms with E-state index < -0.39 is 0 Å². The van der Waals surface area contributed by atoms with E-state index >= 15 is 0 Å². The van der Waals surface area contributed by atoms with Gasteiger partial charge in [-0.05, 0) is 43.0 Å². The average molecular weight is 213 g/mol. The van der Waals surface area contributed by atoms with Gasteiger partial charge in [0.2, 0.25) is 0 Å². The topological polar surface area (TPSA) is 0 Å². The minimum absolute atomic E-state index is 1.12. The van der Waals surface area contributed by atoms with Crippen LogP contribution in [0.1, 0.15) is 23.6 Å². The van der Waals surface area contributed by atoms with Crippen molar-refractivity contribution in [2.24, 2.45) is 0 Å². The van der Waals surface area contributed by atoms with E-state index in [4.69, 9.17) is 0 Å². The number of hydrogen-bond acceptors (Lipinski definition) is 0. The Balaban J connectivity index is 3.29. The van der Waals surface area contributed by atoms with Gasteiger partial charge in [-0.15, -0.1) is 0 Å². The highest BCUT2D eigenvalue weighted by Gasteiger charge is 2.02. The lowest BCUT2D eigenvalue weighted by atomic mass is 10.0. The quantitative estimate of drug-likeness (QED) is 0.668. The average Bonchev–Trinajstić information content (AvgIpc) is 1.99. The first kappa shape index (κ1) is 8.79. The molecule has 0 heterocycles. The van der Waals surface area contributed by atoms with Crippen LogP contribution < -0.4 is 0 Å². The molecule has 0 atom stereocenters. The third-order valence-corrected chi connectivity index (χ3v) is 2.98. The summed E-state index contributed by atoms with van der Waals surface area (Å²) in [6.45, 7) is 6.52. The van der Waals surface area contributed by atoms with Gasteiger partial charge in [-0.25, -0.2) is 0 Å². The minimum Gasteiger partial charge on any atom is -0.0613 e. The molecule has 1 aromatic carbocycles. The molecule has 1 aromatic rings. The Morgan fingerprint density at radius 1 is 1.27 bits per heavy atom. The van der Waals surface area contributed by atoms with Gasteiger partial charge in [0.25, 0.3) is 0 Å². The smallest absolute Gasteiger partial charge is 0.0207 e. The Kier molecular flexibility index (Phi) is 2.72. The fourth-order valence-electron chi connectivity index (χ4n) is 1.41. The van der Waals surface area contributed by atoms with E-state index in [2.05, 4.69) is 48.8 Å². The summed E-state index contributed by atoms with van der Waals surface area (Å²) in [7, 11) is 0. The number of halogens is 1. The second kappa shape index (κ2) is 3.40. The van der Waals surface area contributed by atoms with E-state index in [9.17, 15) is 0 Å². The molecule has 60 valence electrons. The molecule has 0 aromatic heterocycles. The van der Waals surface area contributed by atoms with Crippen LogP contribution in [-0.4, -0.2) is 0 Å². The summed E-state index contributed by atoms with van der Waals surface area (Å²) in [5, 5.41) is 0. The second-order valence-electron chi connectivity index (χ2n) is 2.82. The van der Waals surface area contributed by atoms with Crippen LogP contribution in [0.4, 0.5) is 0 Å². The number of aryl methyl sites for hydroxylation is 1. The summed E-state index contributed by atoms with van der Waals surface area (Å²) in [5.74, 6) is 0. The summed E-state index contributed by atoms with van der Waals surface area (Å²) >= 11 is 3.52. The summed E-state index contributed by atoms with van der Waals surface area (Å²) in [6, 6.07) is 4.28. The van der Waals surface area contributed by atoms with Gasteiger partial charge in [-0.2, -0.15) is 0 Å². The summed E-state index contributed by atoms with van der Waals surface area (Å²) in [6.07, 6.45) is 1.12. The molecule has 0 spiro atoms. The molecule has 0 unspecified atom stereocenters. The lowest BCUT2D eigenvalue weighted by molar-refractivity contribution is 1.07. The molecule has 0 N–H and O–H groups in total. The Morgan fingerprint density at radius 3 is 2.36 bits per heavy atom. The van der Waals surface area contributed by atoms with Crippen LogP contribution >= 0.6 is 15.9 Å². The zero-order valence-electron chi connectivity index (χ0n) is 7.24. The van der Waals surface area contributed by atoms with Crippen LogP contribution in [0.3, 0.4) is 0 Å². The van der Waals surface area contributed by atoms with E-state index in [1.54, 1.807) is 0 Å². The Labute approximate surface area is 76.8 Å². The van der Waals surface area contributed by atoms with Crippen LogP contribution in [0.25, 0.3) is 0 Å². The molecule has 0 aliphatic heterocycles. The van der Waals surface area contributed by atoms with Crippen molar-refractivity contribution in [2.75, 3.05) is 0 Å². The fraction of sp³-hybridized carbons (Fsp3) is 0.400. The molecule has 0 saturated carbocycles. The van der Waals surface area contributed by atoms with E-state index in [1.165, 1.54) is 21.2 Å². The van der Waals surface area contributed by atoms with Crippen molar-refractivity contribution in [2.45, 2.75) is 27.2 Å². The molecule has 0 radical (unpaired) electrons. The van der Waals surface area contributed by atoms with Gasteiger partial charge in [-0.3, -0.25) is 0 Å². The van der Waals surface area contributed by atoms with Crippen LogP contribution in [0.2, 0.25) is 0 Å². The number of benzene rings is 1. The third kappa shape index (κ3) is 1.64. The normalized spacial score (nSPS) is 10.2. The summed E-state index contributed by atoms with van der Waals surface area (Å²) in [5.41, 5.74) is 4.25. The summed E-state index contributed by atoms with van der Waals surface area (Å²) in [4.78, 5) is 0. The molecule has 1 heteroatoms. The molecule has 0 fully saturated rings. The Bertz CT molecular complexity index is 264. The standard InChI is InChI=1S/C10H13Br/c1-4-9-7(2)5-6-10(11)8(9)3/h5-6H,4H2,1-3H3. The summed E-state index contributed by atoms with van der Waals surface area (Å²) < 4.78 is 1.22. The first-order valence-electron chi connectivity index (χ1n) is 3.91. The van der Waals surface area contributed by atoms with Crippen molar-refractivity contribution >= 4 is 15.9 Å². The molecule has 0 amide bonds. The predicted molar refractivity (Wildman–Crippen MR) is 53.0 cm³/mol. The number of hydrogen-bond donors (Lipinski definition) is 0. The Hall–Kier alpha value is -0.300. The van der Waals surface area contributed by atoms with Crippen molar-refractivity contribution in [3.8, 4) is 0 Å². The highest BCUT2D eigenvalue weighted by molar-refractivity contribution is 9.10. The van der Waals surface area contributed by atoms with Gasteiger partial charge >= 0.3 is 0 Å². The van der Waals surface area contributed by atoms with Gasteiger partial charge in [0.15, 0.2) is 0 Å². The first-order valence-corrected chi connectivity index (χ1v) is 4.70. The third-order valence-electron chi connectivity index (χ3n) is 2.12. The first-order chi connectivity index (χ1) is 5.16. The molecule has 1 rings (SSSR count). The van der Waals surface area contributed by atoms with Gasteiger partial charge < -0.3 is 0 Å². The molecule has 0 saturated heterocycles. The second-order valence-corrected chi connectivity index (χ2v) is 3.68. The SMILES string of the molecule is CCc1c(C)ccc(Br)c1C. The number of rotatable bonds is 1. The lowest BCUT2D eigenvalue weighted by Crippen LogP contribution is -1.91. The molecular weight excluding hydrogens is 200 g/mol. The maximum Gasteiger partial charge on any atom is 0.0207 e. The van der Waals surface area contributed by atoms with Crippen molar-refractivity contribution < 1.29 is 0 Å². The van der Waals surface area contributed by atoms with E-state index in [1.807, 2.05) is 0 Å². The largest absolute Gasteiger partial charge is 0.0613 e. The molecule has 0 nitrogen and oxygen atoms in total. The van der Waals surface area contributed by atoms with Crippen LogP contribution in [0.15, 0.2) is 16.6 Å². The molecule has 0 aliphatic carbocycles. The van der Waals surface area contributed by atoms with Gasteiger partial charge in [0.1, 0.15) is 0 Å². The van der Waals surface area contributed by atoms with Crippen molar-refractivity contribution in [1.82, 2.24) is 0 Å². The van der Waals surface area contributed by atoms with E-state index in [0.29, 0.717) is 0 Å².